The van der Waals surface area contributed by atoms with E-state index in [9.17, 15) is 5.11 Å². The van der Waals surface area contributed by atoms with Gasteiger partial charge in [-0.25, -0.2) is 0 Å². The van der Waals surface area contributed by atoms with E-state index in [-0.39, 0.29) is 22.8 Å². The van der Waals surface area contributed by atoms with E-state index in [1.165, 1.54) is 16.7 Å². The molecule has 31 heavy (non-hydrogen) atoms. The van der Waals surface area contributed by atoms with Gasteiger partial charge < -0.3 is 19.9 Å². The molecule has 5 rings (SSSR count). The second-order valence-corrected chi connectivity index (χ2v) is 9.91. The summed E-state index contributed by atoms with van der Waals surface area (Å²) in [6.07, 6.45) is 10.1. The molecule has 0 amide bonds. The van der Waals surface area contributed by atoms with Crippen LogP contribution in [0.3, 0.4) is 0 Å². The molecule has 0 saturated heterocycles. The Morgan fingerprint density at radius 2 is 1.94 bits per heavy atom. The van der Waals surface area contributed by atoms with Gasteiger partial charge in [-0.2, -0.15) is 0 Å². The predicted molar refractivity (Wildman–Crippen MR) is 126 cm³/mol. The van der Waals surface area contributed by atoms with E-state index in [0.29, 0.717) is 5.75 Å². The van der Waals surface area contributed by atoms with Crippen molar-refractivity contribution in [1.29, 1.82) is 0 Å². The number of nitrogens with one attached hydrogen (secondary N) is 1. The molecular weight excluding hydrogens is 386 g/mol. The number of anilines is 1. The first-order valence-electron chi connectivity index (χ1n) is 11.1. The molecule has 0 aromatic heterocycles. The highest BCUT2D eigenvalue weighted by Crippen LogP contribution is 2.58. The molecule has 2 aromatic rings. The van der Waals surface area contributed by atoms with Crippen molar-refractivity contribution in [2.45, 2.75) is 58.6 Å². The van der Waals surface area contributed by atoms with Crippen molar-refractivity contribution in [3.8, 4) is 28.4 Å². The molecule has 2 heterocycles. The lowest BCUT2D eigenvalue weighted by atomic mass is 9.69. The highest BCUT2D eigenvalue weighted by Gasteiger charge is 2.44. The average molecular weight is 418 g/mol. The van der Waals surface area contributed by atoms with Crippen LogP contribution in [-0.2, 0) is 0 Å². The molecule has 0 saturated carbocycles. The lowest BCUT2D eigenvalue weighted by Gasteiger charge is -2.44. The van der Waals surface area contributed by atoms with Gasteiger partial charge in [-0.1, -0.05) is 31.2 Å². The van der Waals surface area contributed by atoms with Gasteiger partial charge in [0.1, 0.15) is 11.9 Å². The maximum atomic E-state index is 10.5. The van der Waals surface area contributed by atoms with E-state index in [1.54, 1.807) is 13.2 Å². The van der Waals surface area contributed by atoms with Crippen LogP contribution in [0.15, 0.2) is 42.5 Å². The number of benzene rings is 2. The van der Waals surface area contributed by atoms with Crippen molar-refractivity contribution in [3.05, 3.63) is 53.6 Å². The zero-order valence-corrected chi connectivity index (χ0v) is 19.0. The van der Waals surface area contributed by atoms with Gasteiger partial charge in [0, 0.05) is 22.2 Å². The number of ether oxygens (including phenoxy) is 2. The van der Waals surface area contributed by atoms with E-state index in [2.05, 4.69) is 63.4 Å². The highest BCUT2D eigenvalue weighted by molar-refractivity contribution is 5.92. The van der Waals surface area contributed by atoms with Gasteiger partial charge in [-0.3, -0.25) is 0 Å². The molecule has 0 bridgehead atoms. The summed E-state index contributed by atoms with van der Waals surface area (Å²) in [5.74, 6) is 1.35. The quantitative estimate of drug-likeness (QED) is 0.524. The van der Waals surface area contributed by atoms with Crippen LogP contribution in [0, 0.1) is 5.41 Å². The molecule has 2 N–H and O–H groups in total. The highest BCUT2D eigenvalue weighted by atomic mass is 16.5. The minimum absolute atomic E-state index is 0.112. The Balaban J connectivity index is 1.83. The van der Waals surface area contributed by atoms with Crippen LogP contribution in [0.2, 0.25) is 0 Å². The van der Waals surface area contributed by atoms with Gasteiger partial charge in [-0.15, -0.1) is 0 Å². The van der Waals surface area contributed by atoms with Crippen molar-refractivity contribution in [3.63, 3.8) is 0 Å². The monoisotopic (exact) mass is 417 g/mol. The summed E-state index contributed by atoms with van der Waals surface area (Å²) in [6, 6.07) is 7.83. The van der Waals surface area contributed by atoms with Crippen LogP contribution >= 0.6 is 0 Å². The summed E-state index contributed by atoms with van der Waals surface area (Å²) >= 11 is 0. The number of allylic oxidation sites excluding steroid dienone is 2. The Morgan fingerprint density at radius 1 is 1.13 bits per heavy atom. The predicted octanol–water partition coefficient (Wildman–Crippen LogP) is 6.86. The smallest absolute Gasteiger partial charge is 0.172 e. The summed E-state index contributed by atoms with van der Waals surface area (Å²) in [5.41, 5.74) is 6.44. The third-order valence-electron chi connectivity index (χ3n) is 6.94. The van der Waals surface area contributed by atoms with Crippen molar-refractivity contribution < 1.29 is 14.6 Å². The van der Waals surface area contributed by atoms with Gasteiger partial charge in [0.2, 0.25) is 0 Å². The Hall–Kier alpha value is -2.88. The van der Waals surface area contributed by atoms with Gasteiger partial charge in [0.05, 0.1) is 18.2 Å². The third-order valence-corrected chi connectivity index (χ3v) is 6.94. The van der Waals surface area contributed by atoms with Crippen molar-refractivity contribution in [2.24, 2.45) is 5.41 Å². The van der Waals surface area contributed by atoms with Gasteiger partial charge in [0.15, 0.2) is 11.5 Å². The summed E-state index contributed by atoms with van der Waals surface area (Å²) in [7, 11) is 1.60. The normalized spacial score (nSPS) is 25.3. The SMILES string of the molecule is COc1c(O)ccc2c1-c1ccc3c(c1C(C1(C)C=CCCC1)O2)C(C)=CC(C)(C)N3. The number of methoxy groups -OCH3 is 1. The summed E-state index contributed by atoms with van der Waals surface area (Å²) < 4.78 is 12.4. The molecule has 1 aliphatic carbocycles. The van der Waals surface area contributed by atoms with Crippen LogP contribution in [0.4, 0.5) is 5.69 Å². The number of aromatic hydroxyl groups is 1. The first-order chi connectivity index (χ1) is 14.7. The molecule has 4 nitrogen and oxygen atoms in total. The van der Waals surface area contributed by atoms with E-state index < -0.39 is 0 Å². The molecule has 2 aromatic carbocycles. The van der Waals surface area contributed by atoms with Crippen molar-refractivity contribution >= 4 is 11.3 Å². The number of rotatable bonds is 2. The molecule has 162 valence electrons. The summed E-state index contributed by atoms with van der Waals surface area (Å²) in [6.45, 7) is 8.87. The molecule has 2 atom stereocenters. The second kappa shape index (κ2) is 6.81. The lowest BCUT2D eigenvalue weighted by molar-refractivity contribution is 0.0798. The fourth-order valence-electron chi connectivity index (χ4n) is 5.65. The van der Waals surface area contributed by atoms with E-state index >= 15 is 0 Å². The second-order valence-electron chi connectivity index (χ2n) is 9.91. The van der Waals surface area contributed by atoms with Crippen LogP contribution in [0.25, 0.3) is 16.7 Å². The molecular formula is C27H31NO3. The first kappa shape index (κ1) is 20.0. The van der Waals surface area contributed by atoms with Crippen LogP contribution in [0.5, 0.6) is 17.2 Å². The first-order valence-corrected chi connectivity index (χ1v) is 11.1. The average Bonchev–Trinajstić information content (AvgIpc) is 2.72. The third kappa shape index (κ3) is 3.03. The van der Waals surface area contributed by atoms with Crippen LogP contribution in [0.1, 0.15) is 64.2 Å². The van der Waals surface area contributed by atoms with Gasteiger partial charge in [0.25, 0.3) is 0 Å². The summed E-state index contributed by atoms with van der Waals surface area (Å²) in [5, 5.41) is 14.2. The molecule has 3 aliphatic rings. The number of hydrogen-bond donors (Lipinski definition) is 2. The Bertz CT molecular complexity index is 1130. The van der Waals surface area contributed by atoms with Crippen LogP contribution in [-0.4, -0.2) is 17.8 Å². The maximum absolute atomic E-state index is 10.5. The number of fused-ring (bicyclic) bond motifs is 5. The Labute approximate surface area is 184 Å². The molecule has 2 aliphatic heterocycles. The van der Waals surface area contributed by atoms with Gasteiger partial charge in [-0.05, 0) is 69.4 Å². The Morgan fingerprint density at radius 3 is 2.65 bits per heavy atom. The van der Waals surface area contributed by atoms with E-state index in [1.807, 2.05) is 6.07 Å². The van der Waals surface area contributed by atoms with Crippen molar-refractivity contribution in [1.82, 2.24) is 0 Å². The molecule has 4 heteroatoms. The number of phenolic OH excluding ortho intramolecular Hbond substituents is 1. The zero-order chi connectivity index (χ0) is 22.0. The van der Waals surface area contributed by atoms with E-state index in [4.69, 9.17) is 9.47 Å². The van der Waals surface area contributed by atoms with Crippen molar-refractivity contribution in [2.75, 3.05) is 12.4 Å². The summed E-state index contributed by atoms with van der Waals surface area (Å²) in [4.78, 5) is 0. The lowest BCUT2D eigenvalue weighted by Crippen LogP contribution is -2.35. The minimum atomic E-state index is -0.123. The fraction of sp³-hybridized carbons (Fsp3) is 0.407. The van der Waals surface area contributed by atoms with Gasteiger partial charge >= 0.3 is 0 Å². The zero-order valence-electron chi connectivity index (χ0n) is 19.0. The molecule has 0 spiro atoms. The molecule has 2 unspecified atom stereocenters. The molecule has 0 fully saturated rings. The Kier molecular flexibility index (Phi) is 4.40. The fourth-order valence-corrected chi connectivity index (χ4v) is 5.65. The number of hydrogen-bond acceptors (Lipinski definition) is 4. The van der Waals surface area contributed by atoms with Crippen LogP contribution < -0.4 is 14.8 Å². The maximum Gasteiger partial charge on any atom is 0.172 e. The minimum Gasteiger partial charge on any atom is -0.504 e. The topological polar surface area (TPSA) is 50.7 Å². The largest absolute Gasteiger partial charge is 0.504 e. The standard InChI is InChI=1S/C27H31NO3/c1-16-15-26(2,3)28-18-10-9-17-22-20(12-11-19(29)24(22)30-5)31-25(23(17)21(16)18)27(4)13-7-6-8-14-27/h7,9-13,15,25,28-29H,6,8,14H2,1-5H3. The van der Waals surface area contributed by atoms with E-state index in [0.717, 1.165) is 41.8 Å². The molecule has 0 radical (unpaired) electrons. The number of phenols is 1.